The van der Waals surface area contributed by atoms with Crippen LogP contribution in [0.2, 0.25) is 0 Å². The fraction of sp³-hybridized carbons (Fsp3) is 0.538. The molecule has 0 saturated carbocycles. The van der Waals surface area contributed by atoms with Crippen LogP contribution in [0.1, 0.15) is 26.3 Å². The minimum absolute atomic E-state index is 0.371. The van der Waals surface area contributed by atoms with Gasteiger partial charge in [-0.25, -0.2) is 0 Å². The molecule has 0 atom stereocenters. The molecule has 0 N–H and O–H groups in total. The molecule has 0 aliphatic rings. The highest BCUT2D eigenvalue weighted by atomic mass is 35.5. The second-order valence-corrected chi connectivity index (χ2v) is 3.61. The summed E-state index contributed by atoms with van der Waals surface area (Å²) in [4.78, 5) is 0. The van der Waals surface area contributed by atoms with Crippen LogP contribution in [0.3, 0.4) is 0 Å². The first kappa shape index (κ1) is 14.0. The standard InChI is InChI=1S/C13H19ClO3/c1-4-15-11-7-10(9-14)13(17-6-3)12(8-11)16-5-2/h7-8H,4-6,9H2,1-3H3. The summed E-state index contributed by atoms with van der Waals surface area (Å²) in [7, 11) is 0. The van der Waals surface area contributed by atoms with E-state index >= 15 is 0 Å². The van der Waals surface area contributed by atoms with Crippen LogP contribution in [0.15, 0.2) is 12.1 Å². The van der Waals surface area contributed by atoms with Crippen molar-refractivity contribution in [1.82, 2.24) is 0 Å². The lowest BCUT2D eigenvalue weighted by atomic mass is 10.2. The number of ether oxygens (including phenoxy) is 3. The molecule has 17 heavy (non-hydrogen) atoms. The quantitative estimate of drug-likeness (QED) is 0.699. The number of hydrogen-bond acceptors (Lipinski definition) is 3. The van der Waals surface area contributed by atoms with Gasteiger partial charge in [-0.1, -0.05) is 0 Å². The molecule has 0 spiro atoms. The molecule has 0 radical (unpaired) electrons. The van der Waals surface area contributed by atoms with E-state index in [1.54, 1.807) is 0 Å². The summed E-state index contributed by atoms with van der Waals surface area (Å²) in [6, 6.07) is 3.73. The third-order valence-electron chi connectivity index (χ3n) is 2.15. The third-order valence-corrected chi connectivity index (χ3v) is 2.44. The maximum Gasteiger partial charge on any atom is 0.165 e. The van der Waals surface area contributed by atoms with Crippen LogP contribution < -0.4 is 14.2 Å². The minimum atomic E-state index is 0.371. The van der Waals surface area contributed by atoms with Crippen molar-refractivity contribution in [2.75, 3.05) is 19.8 Å². The molecular weight excluding hydrogens is 240 g/mol. The van der Waals surface area contributed by atoms with Gasteiger partial charge in [0.2, 0.25) is 0 Å². The lowest BCUT2D eigenvalue weighted by molar-refractivity contribution is 0.281. The van der Waals surface area contributed by atoms with Crippen LogP contribution in [0, 0.1) is 0 Å². The Morgan fingerprint density at radius 1 is 0.941 bits per heavy atom. The molecule has 1 aromatic rings. The molecule has 4 heteroatoms. The van der Waals surface area contributed by atoms with Gasteiger partial charge >= 0.3 is 0 Å². The zero-order chi connectivity index (χ0) is 12.7. The second kappa shape index (κ2) is 7.28. The first-order chi connectivity index (χ1) is 8.26. The highest BCUT2D eigenvalue weighted by Gasteiger charge is 2.13. The van der Waals surface area contributed by atoms with Crippen molar-refractivity contribution >= 4 is 11.6 Å². The van der Waals surface area contributed by atoms with Gasteiger partial charge in [-0.2, -0.15) is 0 Å². The molecule has 0 fully saturated rings. The van der Waals surface area contributed by atoms with Gasteiger partial charge < -0.3 is 14.2 Å². The van der Waals surface area contributed by atoms with E-state index in [4.69, 9.17) is 25.8 Å². The summed E-state index contributed by atoms with van der Waals surface area (Å²) < 4.78 is 16.6. The number of rotatable bonds is 7. The van der Waals surface area contributed by atoms with Crippen molar-refractivity contribution in [3.8, 4) is 17.2 Å². The van der Waals surface area contributed by atoms with Crippen LogP contribution >= 0.6 is 11.6 Å². The van der Waals surface area contributed by atoms with E-state index in [1.807, 2.05) is 32.9 Å². The van der Waals surface area contributed by atoms with Crippen molar-refractivity contribution in [2.45, 2.75) is 26.7 Å². The Kier molecular flexibility index (Phi) is 5.98. The van der Waals surface area contributed by atoms with Crippen LogP contribution in [0.5, 0.6) is 17.2 Å². The van der Waals surface area contributed by atoms with Gasteiger partial charge in [0.25, 0.3) is 0 Å². The van der Waals surface area contributed by atoms with E-state index < -0.39 is 0 Å². The van der Waals surface area contributed by atoms with Crippen LogP contribution in [-0.4, -0.2) is 19.8 Å². The van der Waals surface area contributed by atoms with Gasteiger partial charge in [0, 0.05) is 11.6 Å². The number of alkyl halides is 1. The predicted molar refractivity (Wildman–Crippen MR) is 69.5 cm³/mol. The molecule has 3 nitrogen and oxygen atoms in total. The Balaban J connectivity index is 3.14. The van der Waals surface area contributed by atoms with Crippen molar-refractivity contribution < 1.29 is 14.2 Å². The molecule has 0 aliphatic heterocycles. The largest absolute Gasteiger partial charge is 0.494 e. The summed E-state index contributed by atoms with van der Waals surface area (Å²) in [5.41, 5.74) is 0.892. The summed E-state index contributed by atoms with van der Waals surface area (Å²) in [6.07, 6.45) is 0. The first-order valence-corrected chi connectivity index (χ1v) is 6.41. The van der Waals surface area contributed by atoms with Crippen LogP contribution in [0.25, 0.3) is 0 Å². The van der Waals surface area contributed by atoms with Crippen molar-refractivity contribution in [3.05, 3.63) is 17.7 Å². The summed E-state index contributed by atoms with van der Waals surface area (Å²) in [5.74, 6) is 2.54. The number of halogens is 1. The zero-order valence-electron chi connectivity index (χ0n) is 10.6. The monoisotopic (exact) mass is 258 g/mol. The molecule has 0 amide bonds. The van der Waals surface area contributed by atoms with Crippen LogP contribution in [-0.2, 0) is 5.88 Å². The minimum Gasteiger partial charge on any atom is -0.494 e. The topological polar surface area (TPSA) is 27.7 Å². The Morgan fingerprint density at radius 2 is 1.59 bits per heavy atom. The van der Waals surface area contributed by atoms with E-state index in [0.29, 0.717) is 37.2 Å². The van der Waals surface area contributed by atoms with E-state index in [1.165, 1.54) is 0 Å². The lowest BCUT2D eigenvalue weighted by Crippen LogP contribution is -2.02. The van der Waals surface area contributed by atoms with Gasteiger partial charge in [0.15, 0.2) is 11.5 Å². The predicted octanol–water partition coefficient (Wildman–Crippen LogP) is 3.62. The summed E-state index contributed by atoms with van der Waals surface area (Å²) >= 11 is 5.92. The molecular formula is C13H19ClO3. The Morgan fingerprint density at radius 3 is 2.12 bits per heavy atom. The smallest absolute Gasteiger partial charge is 0.165 e. The van der Waals surface area contributed by atoms with Gasteiger partial charge in [0.1, 0.15) is 5.75 Å². The van der Waals surface area contributed by atoms with Crippen molar-refractivity contribution in [2.24, 2.45) is 0 Å². The third kappa shape index (κ3) is 3.70. The zero-order valence-corrected chi connectivity index (χ0v) is 11.3. The molecule has 0 aromatic heterocycles. The molecule has 0 aliphatic carbocycles. The Hall–Kier alpha value is -1.09. The summed E-state index contributed by atoms with van der Waals surface area (Å²) in [6.45, 7) is 7.58. The Bertz CT molecular complexity index is 353. The van der Waals surface area contributed by atoms with Crippen LogP contribution in [0.4, 0.5) is 0 Å². The molecule has 96 valence electrons. The highest BCUT2D eigenvalue weighted by Crippen LogP contribution is 2.37. The number of hydrogen-bond donors (Lipinski definition) is 0. The number of benzene rings is 1. The second-order valence-electron chi connectivity index (χ2n) is 3.34. The van der Waals surface area contributed by atoms with E-state index in [9.17, 15) is 0 Å². The van der Waals surface area contributed by atoms with Crippen molar-refractivity contribution in [1.29, 1.82) is 0 Å². The fourth-order valence-electron chi connectivity index (χ4n) is 1.55. The van der Waals surface area contributed by atoms with Gasteiger partial charge in [-0.3, -0.25) is 0 Å². The average Bonchev–Trinajstić information content (AvgIpc) is 2.33. The molecule has 0 heterocycles. The SMILES string of the molecule is CCOc1cc(CCl)c(OCC)c(OCC)c1. The normalized spacial score (nSPS) is 10.1. The molecule has 1 rings (SSSR count). The van der Waals surface area contributed by atoms with E-state index in [0.717, 1.165) is 11.3 Å². The van der Waals surface area contributed by atoms with E-state index in [-0.39, 0.29) is 0 Å². The summed E-state index contributed by atoms with van der Waals surface area (Å²) in [5, 5.41) is 0. The van der Waals surface area contributed by atoms with Crippen molar-refractivity contribution in [3.63, 3.8) is 0 Å². The van der Waals surface area contributed by atoms with E-state index in [2.05, 4.69) is 0 Å². The maximum atomic E-state index is 5.92. The van der Waals surface area contributed by atoms with Gasteiger partial charge in [0.05, 0.1) is 25.7 Å². The highest BCUT2D eigenvalue weighted by molar-refractivity contribution is 6.17. The Labute approximate surface area is 108 Å². The average molecular weight is 259 g/mol. The molecule has 0 bridgehead atoms. The molecule has 1 aromatic carbocycles. The van der Waals surface area contributed by atoms with Gasteiger partial charge in [-0.05, 0) is 26.8 Å². The van der Waals surface area contributed by atoms with Gasteiger partial charge in [-0.15, -0.1) is 11.6 Å². The molecule has 0 unspecified atom stereocenters. The maximum absolute atomic E-state index is 5.92. The first-order valence-electron chi connectivity index (χ1n) is 5.88. The molecule has 0 saturated heterocycles. The lowest BCUT2D eigenvalue weighted by Gasteiger charge is -2.16. The fourth-order valence-corrected chi connectivity index (χ4v) is 1.75.